The van der Waals surface area contributed by atoms with Gasteiger partial charge in [0.25, 0.3) is 0 Å². The van der Waals surface area contributed by atoms with Crippen LogP contribution in [0.3, 0.4) is 0 Å². The molecule has 28 heavy (non-hydrogen) atoms. The van der Waals surface area contributed by atoms with Crippen molar-refractivity contribution in [2.75, 3.05) is 12.8 Å². The molecule has 4 N–H and O–H groups in total. The molecule has 0 atom stereocenters. The Morgan fingerprint density at radius 1 is 0.964 bits per heavy atom. The minimum Gasteiger partial charge on any atom is -0.493 e. The molecule has 0 unspecified atom stereocenters. The lowest BCUT2D eigenvalue weighted by molar-refractivity contribution is 0.200. The van der Waals surface area contributed by atoms with Crippen molar-refractivity contribution < 1.29 is 9.47 Å². The van der Waals surface area contributed by atoms with Crippen LogP contribution < -0.4 is 20.9 Å². The molecule has 0 amide bonds. The Hall–Kier alpha value is -2.34. The quantitative estimate of drug-likeness (QED) is 0.820. The van der Waals surface area contributed by atoms with Gasteiger partial charge in [-0.05, 0) is 74.6 Å². The molecule has 6 heteroatoms. The molecule has 2 fully saturated rings. The zero-order valence-corrected chi connectivity index (χ0v) is 16.6. The fourth-order valence-corrected chi connectivity index (χ4v) is 4.71. The molecule has 0 bridgehead atoms. The topological polar surface area (TPSA) is 96.3 Å². The van der Waals surface area contributed by atoms with Crippen molar-refractivity contribution in [2.24, 2.45) is 5.73 Å². The van der Waals surface area contributed by atoms with Crippen LogP contribution in [0.1, 0.15) is 62.5 Å². The van der Waals surface area contributed by atoms with Gasteiger partial charge in [-0.25, -0.2) is 9.97 Å². The Bertz CT molecular complexity index is 795. The summed E-state index contributed by atoms with van der Waals surface area (Å²) < 4.78 is 11.9. The van der Waals surface area contributed by atoms with Gasteiger partial charge >= 0.3 is 0 Å². The van der Waals surface area contributed by atoms with Gasteiger partial charge in [0.05, 0.1) is 13.2 Å². The number of benzene rings is 1. The molecule has 1 aromatic heterocycles. The Morgan fingerprint density at radius 3 is 2.29 bits per heavy atom. The van der Waals surface area contributed by atoms with Crippen molar-refractivity contribution in [3.8, 4) is 11.5 Å². The number of hydrogen-bond donors (Lipinski definition) is 2. The van der Waals surface area contributed by atoms with E-state index in [0.717, 1.165) is 55.6 Å². The summed E-state index contributed by atoms with van der Waals surface area (Å²) in [6, 6.07) is 6.57. The van der Waals surface area contributed by atoms with Crippen LogP contribution in [0.4, 0.5) is 5.95 Å². The second kappa shape index (κ2) is 7.95. The number of aromatic nitrogens is 2. The molecule has 0 radical (unpaired) electrons. The van der Waals surface area contributed by atoms with E-state index in [4.69, 9.17) is 20.9 Å². The van der Waals surface area contributed by atoms with E-state index < -0.39 is 0 Å². The number of methoxy groups -OCH3 is 1. The highest BCUT2D eigenvalue weighted by Gasteiger charge is 2.39. The maximum Gasteiger partial charge on any atom is 0.219 e. The molecule has 150 valence electrons. The molecule has 4 rings (SSSR count). The Morgan fingerprint density at radius 2 is 1.64 bits per heavy atom. The van der Waals surface area contributed by atoms with E-state index in [0.29, 0.717) is 5.95 Å². The first-order valence-corrected chi connectivity index (χ1v) is 10.3. The van der Waals surface area contributed by atoms with E-state index in [-0.39, 0.29) is 17.6 Å². The van der Waals surface area contributed by atoms with E-state index in [1.54, 1.807) is 7.11 Å². The summed E-state index contributed by atoms with van der Waals surface area (Å²) in [4.78, 5) is 8.53. The highest BCUT2D eigenvalue weighted by molar-refractivity contribution is 5.49. The predicted octanol–water partition coefficient (Wildman–Crippen LogP) is 3.58. The first-order chi connectivity index (χ1) is 13.6. The van der Waals surface area contributed by atoms with Crippen molar-refractivity contribution in [1.82, 2.24) is 9.97 Å². The van der Waals surface area contributed by atoms with E-state index in [9.17, 15) is 0 Å². The summed E-state index contributed by atoms with van der Waals surface area (Å²) >= 11 is 0. The summed E-state index contributed by atoms with van der Waals surface area (Å²) in [5.41, 5.74) is 14.1. The number of nitrogen functional groups attached to an aromatic ring is 1. The number of nitrogens with zero attached hydrogens (tertiary/aromatic N) is 2. The van der Waals surface area contributed by atoms with Crippen molar-refractivity contribution >= 4 is 5.95 Å². The SMILES string of the molecule is COc1ccc([C@]2(c3cnc(N)nc3)CC[C@H](N)CC2)cc1OC1CCCC1. The van der Waals surface area contributed by atoms with E-state index in [1.165, 1.54) is 18.4 Å². The molecule has 0 spiro atoms. The van der Waals surface area contributed by atoms with Gasteiger partial charge in [-0.1, -0.05) is 6.07 Å². The maximum atomic E-state index is 6.35. The lowest BCUT2D eigenvalue weighted by atomic mass is 9.65. The summed E-state index contributed by atoms with van der Waals surface area (Å²) in [6.07, 6.45) is 12.5. The number of anilines is 1. The van der Waals surface area contributed by atoms with E-state index >= 15 is 0 Å². The number of rotatable bonds is 5. The van der Waals surface area contributed by atoms with Gasteiger partial charge in [0.1, 0.15) is 0 Å². The second-order valence-electron chi connectivity index (χ2n) is 8.14. The molecule has 1 aromatic carbocycles. The molecule has 1 heterocycles. The van der Waals surface area contributed by atoms with Crippen molar-refractivity contribution in [2.45, 2.75) is 68.9 Å². The van der Waals surface area contributed by atoms with Crippen molar-refractivity contribution in [3.63, 3.8) is 0 Å². The number of ether oxygens (including phenoxy) is 2. The third kappa shape index (κ3) is 3.65. The zero-order chi connectivity index (χ0) is 19.6. The molecule has 2 saturated carbocycles. The van der Waals surface area contributed by atoms with Gasteiger partial charge in [0, 0.05) is 23.9 Å². The summed E-state index contributed by atoms with van der Waals surface area (Å²) in [6.45, 7) is 0. The Kier molecular flexibility index (Phi) is 5.40. The maximum absolute atomic E-state index is 6.35. The average Bonchev–Trinajstić information content (AvgIpc) is 3.22. The minimum absolute atomic E-state index is 0.177. The van der Waals surface area contributed by atoms with Gasteiger partial charge in [-0.2, -0.15) is 0 Å². The number of hydrogen-bond acceptors (Lipinski definition) is 6. The van der Waals surface area contributed by atoms with Crippen LogP contribution in [0.2, 0.25) is 0 Å². The van der Waals surface area contributed by atoms with Gasteiger partial charge in [-0.15, -0.1) is 0 Å². The molecular formula is C22H30N4O2. The second-order valence-corrected chi connectivity index (χ2v) is 8.14. The fourth-order valence-electron chi connectivity index (χ4n) is 4.71. The lowest BCUT2D eigenvalue weighted by Crippen LogP contribution is -2.38. The normalized spacial score (nSPS) is 25.6. The van der Waals surface area contributed by atoms with Crippen LogP contribution in [-0.2, 0) is 5.41 Å². The van der Waals surface area contributed by atoms with Gasteiger partial charge < -0.3 is 20.9 Å². The van der Waals surface area contributed by atoms with Crippen molar-refractivity contribution in [1.29, 1.82) is 0 Å². The van der Waals surface area contributed by atoms with E-state index in [1.807, 2.05) is 18.5 Å². The molecule has 2 aliphatic carbocycles. The largest absolute Gasteiger partial charge is 0.493 e. The fraction of sp³-hybridized carbons (Fsp3) is 0.545. The van der Waals surface area contributed by atoms with Crippen LogP contribution in [-0.4, -0.2) is 29.2 Å². The van der Waals surface area contributed by atoms with Crippen molar-refractivity contribution in [3.05, 3.63) is 41.7 Å². The van der Waals surface area contributed by atoms with Gasteiger partial charge in [0.15, 0.2) is 11.5 Å². The van der Waals surface area contributed by atoms with Crippen LogP contribution >= 0.6 is 0 Å². The summed E-state index contributed by atoms with van der Waals surface area (Å²) in [7, 11) is 1.69. The van der Waals surface area contributed by atoms with E-state index in [2.05, 4.69) is 22.1 Å². The highest BCUT2D eigenvalue weighted by Crippen LogP contribution is 2.46. The molecule has 6 nitrogen and oxygen atoms in total. The third-order valence-electron chi connectivity index (χ3n) is 6.42. The molecule has 0 aliphatic heterocycles. The smallest absolute Gasteiger partial charge is 0.219 e. The third-order valence-corrected chi connectivity index (χ3v) is 6.42. The lowest BCUT2D eigenvalue weighted by Gasteiger charge is -2.40. The molecule has 2 aromatic rings. The minimum atomic E-state index is -0.177. The Labute approximate surface area is 166 Å². The summed E-state index contributed by atoms with van der Waals surface area (Å²) in [5.74, 6) is 1.91. The van der Waals surface area contributed by atoms with Crippen LogP contribution in [0, 0.1) is 0 Å². The monoisotopic (exact) mass is 382 g/mol. The first kappa shape index (κ1) is 19.0. The van der Waals surface area contributed by atoms with Crippen LogP contribution in [0.25, 0.3) is 0 Å². The van der Waals surface area contributed by atoms with Crippen LogP contribution in [0.5, 0.6) is 11.5 Å². The average molecular weight is 383 g/mol. The molecular weight excluding hydrogens is 352 g/mol. The van der Waals surface area contributed by atoms with Gasteiger partial charge in [-0.3, -0.25) is 0 Å². The Balaban J connectivity index is 1.74. The number of nitrogens with two attached hydrogens (primary N) is 2. The highest BCUT2D eigenvalue weighted by atomic mass is 16.5. The first-order valence-electron chi connectivity index (χ1n) is 10.3. The van der Waals surface area contributed by atoms with Gasteiger partial charge in [0.2, 0.25) is 5.95 Å². The molecule has 0 saturated heterocycles. The standard InChI is InChI=1S/C22H30N4O2/c1-27-19-7-6-15(12-20(19)28-18-4-2-3-5-18)22(10-8-17(23)9-11-22)16-13-25-21(24)26-14-16/h6-7,12-14,17-18H,2-5,8-11,23H2,1H3,(H2,24,25,26)/t17-,22-. The predicted molar refractivity (Wildman–Crippen MR) is 110 cm³/mol. The molecule has 2 aliphatic rings. The zero-order valence-electron chi connectivity index (χ0n) is 16.6. The summed E-state index contributed by atoms with van der Waals surface area (Å²) in [5, 5.41) is 0. The van der Waals surface area contributed by atoms with Crippen LogP contribution in [0.15, 0.2) is 30.6 Å².